The maximum Gasteiger partial charge on any atom is 0.317 e. The van der Waals surface area contributed by atoms with Gasteiger partial charge < -0.3 is 15.2 Å². The molecule has 1 aromatic heterocycles. The molecule has 1 aliphatic heterocycles. The number of aromatic amines is 1. The number of nitrogens with zero attached hydrogens (tertiary/aromatic N) is 2. The molecule has 0 saturated carbocycles. The summed E-state index contributed by atoms with van der Waals surface area (Å²) in [4.78, 5) is 21.1. The van der Waals surface area contributed by atoms with Crippen molar-refractivity contribution in [3.8, 4) is 0 Å². The molecule has 1 aromatic rings. The standard InChI is InChI=1S/C12H20N4O/c1-10(11-13-6-7-14-11)15-12(17)16-8-4-2-3-5-9-16/h6-7,10H,2-5,8-9H2,1H3,(H,13,14)(H,15,17). The summed E-state index contributed by atoms with van der Waals surface area (Å²) in [6.45, 7) is 3.68. The Labute approximate surface area is 102 Å². The lowest BCUT2D eigenvalue weighted by molar-refractivity contribution is 0.196. The molecule has 0 bridgehead atoms. The van der Waals surface area contributed by atoms with Crippen LogP contribution >= 0.6 is 0 Å². The number of amides is 2. The van der Waals surface area contributed by atoms with Gasteiger partial charge in [-0.15, -0.1) is 0 Å². The molecule has 2 rings (SSSR count). The van der Waals surface area contributed by atoms with Crippen LogP contribution in [0.4, 0.5) is 4.79 Å². The fourth-order valence-electron chi connectivity index (χ4n) is 2.13. The van der Waals surface area contributed by atoms with Gasteiger partial charge in [0.2, 0.25) is 0 Å². The third-order valence-electron chi connectivity index (χ3n) is 3.16. The molecule has 1 saturated heterocycles. The van der Waals surface area contributed by atoms with Crippen LogP contribution in [0.25, 0.3) is 0 Å². The van der Waals surface area contributed by atoms with Crippen LogP contribution < -0.4 is 5.32 Å². The molecular weight excluding hydrogens is 216 g/mol. The van der Waals surface area contributed by atoms with Crippen molar-refractivity contribution in [3.05, 3.63) is 18.2 Å². The molecule has 0 spiro atoms. The summed E-state index contributed by atoms with van der Waals surface area (Å²) in [5.41, 5.74) is 0. The first-order valence-electron chi connectivity index (χ1n) is 6.32. The Morgan fingerprint density at radius 1 is 1.41 bits per heavy atom. The van der Waals surface area contributed by atoms with Crippen LogP contribution in [0.3, 0.4) is 0 Å². The summed E-state index contributed by atoms with van der Waals surface area (Å²) in [6.07, 6.45) is 8.16. The number of imidazole rings is 1. The minimum atomic E-state index is -0.0687. The highest BCUT2D eigenvalue weighted by Gasteiger charge is 2.18. The van der Waals surface area contributed by atoms with Gasteiger partial charge in [0.05, 0.1) is 6.04 Å². The molecular formula is C12H20N4O. The molecule has 1 unspecified atom stereocenters. The molecule has 1 fully saturated rings. The van der Waals surface area contributed by atoms with Crippen molar-refractivity contribution in [3.63, 3.8) is 0 Å². The average molecular weight is 236 g/mol. The van der Waals surface area contributed by atoms with Gasteiger partial charge in [-0.1, -0.05) is 12.8 Å². The lowest BCUT2D eigenvalue weighted by atomic mass is 10.2. The van der Waals surface area contributed by atoms with E-state index in [0.29, 0.717) is 0 Å². The summed E-state index contributed by atoms with van der Waals surface area (Å²) < 4.78 is 0. The second-order valence-corrected chi connectivity index (χ2v) is 4.55. The first-order valence-corrected chi connectivity index (χ1v) is 6.32. The Kier molecular flexibility index (Phi) is 4.01. The molecule has 2 N–H and O–H groups in total. The van der Waals surface area contributed by atoms with E-state index in [-0.39, 0.29) is 12.1 Å². The van der Waals surface area contributed by atoms with E-state index >= 15 is 0 Å². The van der Waals surface area contributed by atoms with Crippen LogP contribution in [-0.2, 0) is 0 Å². The van der Waals surface area contributed by atoms with Gasteiger partial charge >= 0.3 is 6.03 Å². The van der Waals surface area contributed by atoms with Gasteiger partial charge in [0.25, 0.3) is 0 Å². The minimum Gasteiger partial charge on any atom is -0.347 e. The van der Waals surface area contributed by atoms with E-state index in [2.05, 4.69) is 15.3 Å². The van der Waals surface area contributed by atoms with E-state index in [4.69, 9.17) is 0 Å². The smallest absolute Gasteiger partial charge is 0.317 e. The third-order valence-corrected chi connectivity index (χ3v) is 3.16. The number of nitrogens with one attached hydrogen (secondary N) is 2. The maximum absolute atomic E-state index is 12.0. The fourth-order valence-corrected chi connectivity index (χ4v) is 2.13. The number of likely N-dealkylation sites (tertiary alicyclic amines) is 1. The normalized spacial score (nSPS) is 18.5. The van der Waals surface area contributed by atoms with Crippen molar-refractivity contribution in [1.29, 1.82) is 0 Å². The third kappa shape index (κ3) is 3.22. The fraction of sp³-hybridized carbons (Fsp3) is 0.667. The lowest BCUT2D eigenvalue weighted by Crippen LogP contribution is -2.41. The van der Waals surface area contributed by atoms with Crippen molar-refractivity contribution >= 4 is 6.03 Å². The molecule has 17 heavy (non-hydrogen) atoms. The van der Waals surface area contributed by atoms with Crippen LogP contribution in [0.5, 0.6) is 0 Å². The quantitative estimate of drug-likeness (QED) is 0.825. The largest absolute Gasteiger partial charge is 0.347 e. The highest BCUT2D eigenvalue weighted by atomic mass is 16.2. The molecule has 0 aliphatic carbocycles. The highest BCUT2D eigenvalue weighted by molar-refractivity contribution is 5.74. The van der Waals surface area contributed by atoms with Gasteiger partial charge in [-0.25, -0.2) is 9.78 Å². The van der Waals surface area contributed by atoms with Crippen LogP contribution in [-0.4, -0.2) is 34.0 Å². The zero-order valence-electron chi connectivity index (χ0n) is 10.3. The number of H-pyrrole nitrogens is 1. The predicted octanol–water partition coefficient (Wildman–Crippen LogP) is 2.06. The second-order valence-electron chi connectivity index (χ2n) is 4.55. The topological polar surface area (TPSA) is 61.0 Å². The number of hydrogen-bond acceptors (Lipinski definition) is 2. The number of rotatable bonds is 2. The molecule has 1 atom stereocenters. The first kappa shape index (κ1) is 12.0. The minimum absolute atomic E-state index is 0.0239. The number of aromatic nitrogens is 2. The van der Waals surface area contributed by atoms with Gasteiger partial charge in [-0.3, -0.25) is 0 Å². The molecule has 94 valence electrons. The van der Waals surface area contributed by atoms with Gasteiger partial charge in [0.1, 0.15) is 5.82 Å². The first-order chi connectivity index (χ1) is 8.27. The molecule has 0 radical (unpaired) electrons. The van der Waals surface area contributed by atoms with E-state index in [0.717, 1.165) is 31.8 Å². The Hall–Kier alpha value is -1.52. The van der Waals surface area contributed by atoms with Crippen LogP contribution in [0.15, 0.2) is 12.4 Å². The summed E-state index contributed by atoms with van der Waals surface area (Å²) in [6, 6.07) is -0.0449. The number of carbonyl (C=O) groups excluding carboxylic acids is 1. The monoisotopic (exact) mass is 236 g/mol. The summed E-state index contributed by atoms with van der Waals surface area (Å²) >= 11 is 0. The Balaban J connectivity index is 1.87. The van der Waals surface area contributed by atoms with Gasteiger partial charge in [-0.2, -0.15) is 0 Å². The van der Waals surface area contributed by atoms with Crippen molar-refractivity contribution in [2.45, 2.75) is 38.6 Å². The SMILES string of the molecule is CC(NC(=O)N1CCCCCC1)c1ncc[nH]1. The molecule has 5 heteroatoms. The van der Waals surface area contributed by atoms with Crippen LogP contribution in [0, 0.1) is 0 Å². The van der Waals surface area contributed by atoms with E-state index < -0.39 is 0 Å². The molecule has 2 heterocycles. The van der Waals surface area contributed by atoms with E-state index in [9.17, 15) is 4.79 Å². The van der Waals surface area contributed by atoms with Crippen molar-refractivity contribution < 1.29 is 4.79 Å². The predicted molar refractivity (Wildman–Crippen MR) is 65.6 cm³/mol. The molecule has 1 aliphatic rings. The van der Waals surface area contributed by atoms with Gasteiger partial charge in [0, 0.05) is 25.5 Å². The van der Waals surface area contributed by atoms with Crippen LogP contribution in [0.2, 0.25) is 0 Å². The van der Waals surface area contributed by atoms with Gasteiger partial charge in [-0.05, 0) is 19.8 Å². The zero-order valence-corrected chi connectivity index (χ0v) is 10.3. The number of hydrogen-bond donors (Lipinski definition) is 2. The summed E-state index contributed by atoms with van der Waals surface area (Å²) in [7, 11) is 0. The summed E-state index contributed by atoms with van der Waals surface area (Å²) in [5, 5.41) is 2.97. The summed E-state index contributed by atoms with van der Waals surface area (Å²) in [5.74, 6) is 0.799. The lowest BCUT2D eigenvalue weighted by Gasteiger charge is -2.22. The maximum atomic E-state index is 12.0. The number of carbonyl (C=O) groups is 1. The van der Waals surface area contributed by atoms with Crippen molar-refractivity contribution in [2.24, 2.45) is 0 Å². The van der Waals surface area contributed by atoms with E-state index in [1.54, 1.807) is 12.4 Å². The van der Waals surface area contributed by atoms with Crippen molar-refractivity contribution in [1.82, 2.24) is 20.2 Å². The average Bonchev–Trinajstić information content (AvgIpc) is 2.71. The van der Waals surface area contributed by atoms with E-state index in [1.807, 2.05) is 11.8 Å². The molecule has 5 nitrogen and oxygen atoms in total. The Morgan fingerprint density at radius 3 is 2.71 bits per heavy atom. The second kappa shape index (κ2) is 5.70. The molecule has 0 aromatic carbocycles. The van der Waals surface area contributed by atoms with E-state index in [1.165, 1.54) is 12.8 Å². The zero-order chi connectivity index (χ0) is 12.1. The Morgan fingerprint density at radius 2 is 2.12 bits per heavy atom. The number of urea groups is 1. The highest BCUT2D eigenvalue weighted by Crippen LogP contribution is 2.11. The molecule has 2 amide bonds. The van der Waals surface area contributed by atoms with Crippen LogP contribution in [0.1, 0.15) is 44.5 Å². The Bertz CT molecular complexity index is 341. The van der Waals surface area contributed by atoms with Crippen molar-refractivity contribution in [2.75, 3.05) is 13.1 Å². The van der Waals surface area contributed by atoms with Gasteiger partial charge in [0.15, 0.2) is 0 Å².